The fraction of sp³-hybridized carbons (Fsp3) is 0.500. The van der Waals surface area contributed by atoms with Crippen LogP contribution in [0.5, 0.6) is 0 Å². The second-order valence-corrected chi connectivity index (χ2v) is 4.36. The van der Waals surface area contributed by atoms with Crippen LogP contribution in [-0.2, 0) is 16.1 Å². The zero-order valence-corrected chi connectivity index (χ0v) is 11.2. The molecule has 0 aromatic heterocycles. The molecule has 18 heavy (non-hydrogen) atoms. The number of benzene rings is 1. The highest BCUT2D eigenvalue weighted by atomic mass is 16.5. The maximum absolute atomic E-state index is 11.2. The molecule has 1 N–H and O–H groups in total. The minimum atomic E-state index is 0.00671. The Labute approximate surface area is 109 Å². The molecule has 0 aliphatic rings. The smallest absolute Gasteiger partial charge is 0.248 e. The third-order valence-electron chi connectivity index (χ3n) is 2.54. The van der Waals surface area contributed by atoms with Crippen molar-refractivity contribution in [1.29, 1.82) is 0 Å². The lowest BCUT2D eigenvalue weighted by Crippen LogP contribution is -2.26. The van der Waals surface area contributed by atoms with Crippen LogP contribution in [0, 0.1) is 0 Å². The Morgan fingerprint density at radius 1 is 1.28 bits per heavy atom. The summed E-state index contributed by atoms with van der Waals surface area (Å²) in [6.07, 6.45) is 0.910. The number of hydrogen-bond donors (Lipinski definition) is 1. The van der Waals surface area contributed by atoms with E-state index in [1.165, 1.54) is 10.5 Å². The van der Waals surface area contributed by atoms with Crippen LogP contribution in [0.3, 0.4) is 0 Å². The molecule has 0 fully saturated rings. The van der Waals surface area contributed by atoms with E-state index in [2.05, 4.69) is 17.4 Å². The van der Waals surface area contributed by atoms with Crippen molar-refractivity contribution in [2.75, 3.05) is 33.9 Å². The molecule has 4 nitrogen and oxygen atoms in total. The monoisotopic (exact) mass is 250 g/mol. The van der Waals surface area contributed by atoms with E-state index in [0.717, 1.165) is 19.5 Å². The molecule has 1 rings (SSSR count). The Hall–Kier alpha value is -1.39. The Morgan fingerprint density at radius 2 is 2.00 bits per heavy atom. The topological polar surface area (TPSA) is 41.6 Å². The van der Waals surface area contributed by atoms with Crippen molar-refractivity contribution in [3.05, 3.63) is 35.9 Å². The van der Waals surface area contributed by atoms with Crippen LogP contribution >= 0.6 is 0 Å². The second kappa shape index (κ2) is 8.66. The van der Waals surface area contributed by atoms with Gasteiger partial charge in [0.15, 0.2) is 0 Å². The van der Waals surface area contributed by atoms with Gasteiger partial charge >= 0.3 is 0 Å². The predicted molar refractivity (Wildman–Crippen MR) is 72.3 cm³/mol. The second-order valence-electron chi connectivity index (χ2n) is 4.36. The summed E-state index contributed by atoms with van der Waals surface area (Å²) in [5, 5.41) is 3.34. The van der Waals surface area contributed by atoms with Gasteiger partial charge in [-0.25, -0.2) is 0 Å². The van der Waals surface area contributed by atoms with Crippen LogP contribution in [0.4, 0.5) is 0 Å². The van der Waals surface area contributed by atoms with Gasteiger partial charge < -0.3 is 15.0 Å². The van der Waals surface area contributed by atoms with E-state index in [9.17, 15) is 4.79 Å². The summed E-state index contributed by atoms with van der Waals surface area (Å²) in [7, 11) is 3.46. The van der Waals surface area contributed by atoms with Crippen LogP contribution in [0.2, 0.25) is 0 Å². The average Bonchev–Trinajstić information content (AvgIpc) is 2.38. The van der Waals surface area contributed by atoms with Gasteiger partial charge in [-0.05, 0) is 18.5 Å². The summed E-state index contributed by atoms with van der Waals surface area (Å²) in [4.78, 5) is 12.7. The molecule has 0 saturated carbocycles. The highest BCUT2D eigenvalue weighted by Gasteiger charge is 2.02. The molecule has 4 heteroatoms. The van der Waals surface area contributed by atoms with Gasteiger partial charge in [0.05, 0.1) is 0 Å². The molecular weight excluding hydrogens is 228 g/mol. The first-order valence-corrected chi connectivity index (χ1v) is 6.22. The molecule has 0 bridgehead atoms. The SMILES string of the molecule is CN(C)C(=O)COCCCNCc1ccccc1. The molecule has 1 amide bonds. The van der Waals surface area contributed by atoms with Crippen LogP contribution in [-0.4, -0.2) is 44.7 Å². The minimum Gasteiger partial charge on any atom is -0.372 e. The van der Waals surface area contributed by atoms with Gasteiger partial charge in [-0.3, -0.25) is 4.79 Å². The minimum absolute atomic E-state index is 0.00671. The van der Waals surface area contributed by atoms with Gasteiger partial charge in [-0.1, -0.05) is 30.3 Å². The van der Waals surface area contributed by atoms with Gasteiger partial charge in [0, 0.05) is 27.2 Å². The van der Waals surface area contributed by atoms with E-state index < -0.39 is 0 Å². The number of nitrogens with one attached hydrogen (secondary N) is 1. The quantitative estimate of drug-likeness (QED) is 0.707. The Balaban J connectivity index is 1.95. The zero-order chi connectivity index (χ0) is 13.2. The van der Waals surface area contributed by atoms with Gasteiger partial charge in [0.1, 0.15) is 6.61 Å². The van der Waals surface area contributed by atoms with E-state index >= 15 is 0 Å². The largest absolute Gasteiger partial charge is 0.372 e. The van der Waals surface area contributed by atoms with Crippen molar-refractivity contribution < 1.29 is 9.53 Å². The summed E-state index contributed by atoms with van der Waals surface area (Å²) in [5.41, 5.74) is 1.28. The van der Waals surface area contributed by atoms with Crippen molar-refractivity contribution in [1.82, 2.24) is 10.2 Å². The highest BCUT2D eigenvalue weighted by Crippen LogP contribution is 1.96. The first-order valence-electron chi connectivity index (χ1n) is 6.22. The van der Waals surface area contributed by atoms with Crippen molar-refractivity contribution in [2.45, 2.75) is 13.0 Å². The normalized spacial score (nSPS) is 10.3. The average molecular weight is 250 g/mol. The van der Waals surface area contributed by atoms with Gasteiger partial charge in [-0.15, -0.1) is 0 Å². The molecule has 0 radical (unpaired) electrons. The number of carbonyl (C=O) groups excluding carboxylic acids is 1. The highest BCUT2D eigenvalue weighted by molar-refractivity contribution is 5.76. The number of carbonyl (C=O) groups is 1. The first-order chi connectivity index (χ1) is 8.70. The number of rotatable bonds is 8. The fourth-order valence-corrected chi connectivity index (χ4v) is 1.42. The Bertz CT molecular complexity index is 339. The first kappa shape index (κ1) is 14.7. The summed E-state index contributed by atoms with van der Waals surface area (Å²) >= 11 is 0. The summed E-state index contributed by atoms with van der Waals surface area (Å²) in [6, 6.07) is 10.3. The molecule has 100 valence electrons. The van der Waals surface area contributed by atoms with E-state index in [-0.39, 0.29) is 12.5 Å². The van der Waals surface area contributed by atoms with Gasteiger partial charge in [0.2, 0.25) is 5.91 Å². The number of nitrogens with zero attached hydrogens (tertiary/aromatic N) is 1. The fourth-order valence-electron chi connectivity index (χ4n) is 1.42. The van der Waals surface area contributed by atoms with Crippen molar-refractivity contribution >= 4 is 5.91 Å². The maximum Gasteiger partial charge on any atom is 0.248 e. The van der Waals surface area contributed by atoms with Crippen molar-refractivity contribution in [2.24, 2.45) is 0 Å². The van der Waals surface area contributed by atoms with E-state index in [1.54, 1.807) is 14.1 Å². The van der Waals surface area contributed by atoms with Crippen molar-refractivity contribution in [3.63, 3.8) is 0 Å². The van der Waals surface area contributed by atoms with E-state index in [4.69, 9.17) is 4.74 Å². The predicted octanol–water partition coefficient (Wildman–Crippen LogP) is 1.27. The molecule has 0 unspecified atom stereocenters. The maximum atomic E-state index is 11.2. The number of amides is 1. The van der Waals surface area contributed by atoms with Gasteiger partial charge in [0.25, 0.3) is 0 Å². The number of likely N-dealkylation sites (N-methyl/N-ethyl adjacent to an activating group) is 1. The Kier molecular flexibility index (Phi) is 7.06. The number of ether oxygens (including phenoxy) is 1. The van der Waals surface area contributed by atoms with Crippen LogP contribution in [0.25, 0.3) is 0 Å². The third kappa shape index (κ3) is 6.37. The summed E-state index contributed by atoms with van der Waals surface area (Å²) < 4.78 is 5.28. The summed E-state index contributed by atoms with van der Waals surface area (Å²) in [5.74, 6) is 0.00671. The number of hydrogen-bond acceptors (Lipinski definition) is 3. The van der Waals surface area contributed by atoms with Crippen LogP contribution < -0.4 is 5.32 Å². The van der Waals surface area contributed by atoms with E-state index in [1.807, 2.05) is 18.2 Å². The summed E-state index contributed by atoms with van der Waals surface area (Å²) in [6.45, 7) is 2.55. The lowest BCUT2D eigenvalue weighted by Gasteiger charge is -2.10. The molecule has 0 atom stereocenters. The van der Waals surface area contributed by atoms with Gasteiger partial charge in [-0.2, -0.15) is 0 Å². The molecule has 0 heterocycles. The Morgan fingerprint density at radius 3 is 2.67 bits per heavy atom. The van der Waals surface area contributed by atoms with E-state index in [0.29, 0.717) is 6.61 Å². The third-order valence-corrected chi connectivity index (χ3v) is 2.54. The molecule has 0 spiro atoms. The standard InChI is InChI=1S/C14H22N2O2/c1-16(2)14(17)12-18-10-6-9-15-11-13-7-4-3-5-8-13/h3-5,7-8,15H,6,9-12H2,1-2H3. The van der Waals surface area contributed by atoms with Crippen LogP contribution in [0.15, 0.2) is 30.3 Å². The molecule has 0 aliphatic carbocycles. The van der Waals surface area contributed by atoms with Crippen molar-refractivity contribution in [3.8, 4) is 0 Å². The lowest BCUT2D eigenvalue weighted by molar-refractivity contribution is -0.133. The van der Waals surface area contributed by atoms with Crippen LogP contribution in [0.1, 0.15) is 12.0 Å². The molecule has 0 aliphatic heterocycles. The zero-order valence-electron chi connectivity index (χ0n) is 11.2. The lowest BCUT2D eigenvalue weighted by atomic mass is 10.2. The molecule has 1 aromatic rings. The molecule has 0 saturated heterocycles. The molecule has 1 aromatic carbocycles. The molecular formula is C14H22N2O2.